The van der Waals surface area contributed by atoms with Crippen molar-refractivity contribution in [1.82, 2.24) is 9.80 Å². The van der Waals surface area contributed by atoms with Gasteiger partial charge in [0.2, 0.25) is 5.91 Å². The van der Waals surface area contributed by atoms with Crippen LogP contribution in [0.1, 0.15) is 79.2 Å². The lowest BCUT2D eigenvalue weighted by Gasteiger charge is -2.42. The highest BCUT2D eigenvalue weighted by Gasteiger charge is 2.38. The molecule has 3 aromatic rings. The third kappa shape index (κ3) is 7.88. The molecule has 0 aromatic heterocycles. The number of amides is 2. The summed E-state index contributed by atoms with van der Waals surface area (Å²) in [5.41, 5.74) is 4.88. The summed E-state index contributed by atoms with van der Waals surface area (Å²) >= 11 is 3.50. The molecule has 5 rings (SSSR count). The Balaban J connectivity index is 1.48. The minimum atomic E-state index is -0.277. The van der Waals surface area contributed by atoms with Crippen molar-refractivity contribution in [3.05, 3.63) is 80.8 Å². The maximum Gasteiger partial charge on any atom is 0.254 e. The standard InChI is InChI=1S/C38H47BrN2O6/c1-6-44-33-15-12-26(21-34(33)45-7-2)20-32-31-23-36(47-9-4)35(46-8-3)22-27(31)16-18-41(32)37(42)28-11-10-17-40(24-28)38(43)30-14-13-29(39)19-25(30)5/h12-15,19,21-23,28,32H,6-11,16-18,20,24H2,1-5H3. The van der Waals surface area contributed by atoms with E-state index in [0.717, 1.165) is 45.3 Å². The second-order valence-corrected chi connectivity index (χ2v) is 13.0. The Kier molecular flexibility index (Phi) is 11.7. The number of nitrogens with zero attached hydrogens (tertiary/aromatic N) is 2. The van der Waals surface area contributed by atoms with Gasteiger partial charge < -0.3 is 28.7 Å². The van der Waals surface area contributed by atoms with Gasteiger partial charge in [0.25, 0.3) is 5.91 Å². The molecule has 1 saturated heterocycles. The van der Waals surface area contributed by atoms with Crippen LogP contribution in [0.5, 0.6) is 23.0 Å². The first-order valence-electron chi connectivity index (χ1n) is 16.9. The topological polar surface area (TPSA) is 77.5 Å². The van der Waals surface area contributed by atoms with Gasteiger partial charge in [-0.15, -0.1) is 0 Å². The summed E-state index contributed by atoms with van der Waals surface area (Å²) in [6, 6.07) is 15.7. The van der Waals surface area contributed by atoms with Gasteiger partial charge in [-0.25, -0.2) is 0 Å². The molecule has 8 nitrogen and oxygen atoms in total. The zero-order chi connectivity index (χ0) is 33.5. The highest BCUT2D eigenvalue weighted by Crippen LogP contribution is 2.42. The molecule has 2 aliphatic rings. The summed E-state index contributed by atoms with van der Waals surface area (Å²) in [5.74, 6) is 2.63. The van der Waals surface area contributed by atoms with Gasteiger partial charge in [-0.2, -0.15) is 0 Å². The van der Waals surface area contributed by atoms with Crippen LogP contribution in [0.3, 0.4) is 0 Å². The average molecular weight is 708 g/mol. The highest BCUT2D eigenvalue weighted by molar-refractivity contribution is 9.10. The molecule has 0 saturated carbocycles. The summed E-state index contributed by atoms with van der Waals surface area (Å²) in [5, 5.41) is 0. The van der Waals surface area contributed by atoms with Gasteiger partial charge in [0.15, 0.2) is 23.0 Å². The third-order valence-corrected chi connectivity index (χ3v) is 9.45. The number of piperidine rings is 1. The second kappa shape index (κ2) is 15.9. The third-order valence-electron chi connectivity index (χ3n) is 8.96. The number of aryl methyl sites for hydroxylation is 1. The first kappa shape index (κ1) is 34.6. The Hall–Kier alpha value is -3.72. The molecule has 47 heavy (non-hydrogen) atoms. The lowest BCUT2D eigenvalue weighted by atomic mass is 9.86. The highest BCUT2D eigenvalue weighted by atomic mass is 79.9. The molecule has 2 unspecified atom stereocenters. The number of benzene rings is 3. The van der Waals surface area contributed by atoms with Gasteiger partial charge in [-0.3, -0.25) is 9.59 Å². The van der Waals surface area contributed by atoms with Crippen LogP contribution in [0.25, 0.3) is 0 Å². The van der Waals surface area contributed by atoms with Crippen LogP contribution in [-0.2, 0) is 17.6 Å². The molecule has 252 valence electrons. The van der Waals surface area contributed by atoms with E-state index in [1.165, 1.54) is 0 Å². The van der Waals surface area contributed by atoms with Crippen molar-refractivity contribution in [1.29, 1.82) is 0 Å². The van der Waals surface area contributed by atoms with Crippen molar-refractivity contribution in [3.8, 4) is 23.0 Å². The first-order chi connectivity index (χ1) is 22.8. The van der Waals surface area contributed by atoms with E-state index >= 15 is 0 Å². The molecule has 3 aromatic carbocycles. The van der Waals surface area contributed by atoms with Crippen LogP contribution in [0, 0.1) is 12.8 Å². The summed E-state index contributed by atoms with van der Waals surface area (Å²) < 4.78 is 24.7. The molecular weight excluding hydrogens is 660 g/mol. The van der Waals surface area contributed by atoms with Crippen molar-refractivity contribution in [3.63, 3.8) is 0 Å². The van der Waals surface area contributed by atoms with E-state index in [-0.39, 0.29) is 23.8 Å². The quantitative estimate of drug-likeness (QED) is 0.193. The Labute approximate surface area is 287 Å². The van der Waals surface area contributed by atoms with Crippen LogP contribution in [0.2, 0.25) is 0 Å². The molecule has 0 spiro atoms. The van der Waals surface area contributed by atoms with Gasteiger partial charge in [0, 0.05) is 29.7 Å². The Bertz CT molecular complexity index is 1580. The number of ether oxygens (including phenoxy) is 4. The number of carbonyl (C=O) groups excluding carboxylic acids is 2. The Morgan fingerprint density at radius 3 is 2.15 bits per heavy atom. The molecule has 2 amide bonds. The molecule has 0 radical (unpaired) electrons. The van der Waals surface area contributed by atoms with E-state index in [1.807, 2.05) is 74.8 Å². The van der Waals surface area contributed by atoms with Gasteiger partial charge >= 0.3 is 0 Å². The summed E-state index contributed by atoms with van der Waals surface area (Å²) in [6.45, 7) is 13.6. The van der Waals surface area contributed by atoms with E-state index in [4.69, 9.17) is 18.9 Å². The van der Waals surface area contributed by atoms with Crippen molar-refractivity contribution in [2.45, 2.75) is 66.3 Å². The molecule has 0 aliphatic carbocycles. The normalized spacial score (nSPS) is 17.6. The number of halogens is 1. The molecule has 1 fully saturated rings. The van der Waals surface area contributed by atoms with Gasteiger partial charge in [-0.05, 0) is 125 Å². The summed E-state index contributed by atoms with van der Waals surface area (Å²) in [4.78, 5) is 32.1. The molecule has 2 heterocycles. The van der Waals surface area contributed by atoms with Crippen molar-refractivity contribution in [2.75, 3.05) is 46.1 Å². The van der Waals surface area contributed by atoms with Crippen LogP contribution >= 0.6 is 15.9 Å². The fraction of sp³-hybridized carbons (Fsp3) is 0.474. The lowest BCUT2D eigenvalue weighted by Crippen LogP contribution is -2.49. The molecule has 0 bridgehead atoms. The zero-order valence-electron chi connectivity index (χ0n) is 28.3. The number of likely N-dealkylation sites (tertiary alicyclic amines) is 1. The van der Waals surface area contributed by atoms with Gasteiger partial charge in [0.05, 0.1) is 38.4 Å². The molecule has 0 N–H and O–H groups in total. The second-order valence-electron chi connectivity index (χ2n) is 12.1. The van der Waals surface area contributed by atoms with Gasteiger partial charge in [0.1, 0.15) is 0 Å². The van der Waals surface area contributed by atoms with E-state index in [1.54, 1.807) is 0 Å². The lowest BCUT2D eigenvalue weighted by molar-refractivity contribution is -0.140. The maximum absolute atomic E-state index is 14.5. The number of hydrogen-bond donors (Lipinski definition) is 0. The Morgan fingerprint density at radius 2 is 1.47 bits per heavy atom. The fourth-order valence-corrected chi connectivity index (χ4v) is 7.29. The van der Waals surface area contributed by atoms with E-state index in [2.05, 4.69) is 34.1 Å². The smallest absolute Gasteiger partial charge is 0.254 e. The largest absolute Gasteiger partial charge is 0.490 e. The molecular formula is C38H47BrN2O6. The van der Waals surface area contributed by atoms with Crippen LogP contribution in [0.15, 0.2) is 53.0 Å². The van der Waals surface area contributed by atoms with Crippen LogP contribution < -0.4 is 18.9 Å². The number of carbonyl (C=O) groups is 2. The van der Waals surface area contributed by atoms with Crippen LogP contribution in [0.4, 0.5) is 0 Å². The summed E-state index contributed by atoms with van der Waals surface area (Å²) in [6.07, 6.45) is 2.85. The van der Waals surface area contributed by atoms with E-state index < -0.39 is 0 Å². The number of fused-ring (bicyclic) bond motifs is 1. The van der Waals surface area contributed by atoms with Gasteiger partial charge in [-0.1, -0.05) is 22.0 Å². The zero-order valence-corrected chi connectivity index (χ0v) is 29.9. The maximum atomic E-state index is 14.5. The fourth-order valence-electron chi connectivity index (χ4n) is 6.81. The van der Waals surface area contributed by atoms with E-state index in [9.17, 15) is 9.59 Å². The van der Waals surface area contributed by atoms with Crippen molar-refractivity contribution < 1.29 is 28.5 Å². The predicted molar refractivity (Wildman–Crippen MR) is 187 cm³/mol. The monoisotopic (exact) mass is 706 g/mol. The minimum Gasteiger partial charge on any atom is -0.490 e. The molecule has 2 atom stereocenters. The van der Waals surface area contributed by atoms with Crippen LogP contribution in [-0.4, -0.2) is 67.7 Å². The first-order valence-corrected chi connectivity index (χ1v) is 17.7. The summed E-state index contributed by atoms with van der Waals surface area (Å²) in [7, 11) is 0. The molecule has 2 aliphatic heterocycles. The molecule has 9 heteroatoms. The minimum absolute atomic E-state index is 0.0179. The predicted octanol–water partition coefficient (Wildman–Crippen LogP) is 7.57. The van der Waals surface area contributed by atoms with Crippen molar-refractivity contribution in [2.24, 2.45) is 5.92 Å². The average Bonchev–Trinajstić information content (AvgIpc) is 3.06. The Morgan fingerprint density at radius 1 is 0.809 bits per heavy atom. The van der Waals surface area contributed by atoms with Crippen molar-refractivity contribution >= 4 is 27.7 Å². The SMILES string of the molecule is CCOc1ccc(CC2c3cc(OCC)c(OCC)cc3CCN2C(=O)C2CCCN(C(=O)c3ccc(Br)cc3C)C2)cc1OCC. The number of rotatable bonds is 12. The number of hydrogen-bond acceptors (Lipinski definition) is 6. The van der Waals surface area contributed by atoms with E-state index in [0.29, 0.717) is 81.7 Å².